The van der Waals surface area contributed by atoms with Crippen LogP contribution in [0.4, 0.5) is 5.69 Å². The Morgan fingerprint density at radius 3 is 2.14 bits per heavy atom. The monoisotopic (exact) mass is 299 g/mol. The lowest BCUT2D eigenvalue weighted by molar-refractivity contribution is -0.142. The molecule has 6 N–H and O–H groups in total. The molecular formula is C14H21NO6. The van der Waals surface area contributed by atoms with E-state index < -0.39 is 30.3 Å². The maximum absolute atomic E-state index is 11.8. The molecule has 0 fully saturated rings. The molecule has 1 rings (SSSR count). The topological polar surface area (TPSA) is 130 Å². The number of hydrogen-bond donors (Lipinski definition) is 6. The van der Waals surface area contributed by atoms with E-state index in [1.54, 1.807) is 19.1 Å². The third-order valence-corrected chi connectivity index (χ3v) is 3.16. The Labute approximate surface area is 122 Å². The van der Waals surface area contributed by atoms with Gasteiger partial charge in [0.05, 0.1) is 12.7 Å². The lowest BCUT2D eigenvalue weighted by Gasteiger charge is -2.25. The summed E-state index contributed by atoms with van der Waals surface area (Å²) in [6, 6.07) is 6.24. The molecule has 21 heavy (non-hydrogen) atoms. The van der Waals surface area contributed by atoms with Gasteiger partial charge in [0.15, 0.2) is 6.10 Å². The molecule has 0 saturated heterocycles. The Morgan fingerprint density at radius 1 is 1.10 bits per heavy atom. The van der Waals surface area contributed by atoms with Crippen molar-refractivity contribution in [3.63, 3.8) is 0 Å². The fraction of sp³-hybridized carbons (Fsp3) is 0.500. The van der Waals surface area contributed by atoms with E-state index >= 15 is 0 Å². The van der Waals surface area contributed by atoms with E-state index in [4.69, 9.17) is 5.11 Å². The van der Waals surface area contributed by atoms with Gasteiger partial charge in [-0.2, -0.15) is 0 Å². The van der Waals surface area contributed by atoms with Gasteiger partial charge in [-0.25, -0.2) is 0 Å². The van der Waals surface area contributed by atoms with Crippen molar-refractivity contribution in [3.05, 3.63) is 29.8 Å². The molecule has 0 spiro atoms. The lowest BCUT2D eigenvalue weighted by atomic mass is 10.0. The van der Waals surface area contributed by atoms with Crippen molar-refractivity contribution in [1.29, 1.82) is 0 Å². The number of hydrogen-bond acceptors (Lipinski definition) is 6. The van der Waals surface area contributed by atoms with Crippen LogP contribution in [0.1, 0.15) is 18.9 Å². The van der Waals surface area contributed by atoms with Crippen LogP contribution in [0.3, 0.4) is 0 Å². The molecule has 1 amide bonds. The summed E-state index contributed by atoms with van der Waals surface area (Å²) in [6.45, 7) is 1.46. The zero-order valence-corrected chi connectivity index (χ0v) is 11.7. The van der Waals surface area contributed by atoms with Gasteiger partial charge in [0.25, 0.3) is 5.91 Å². The van der Waals surface area contributed by atoms with Crippen LogP contribution in [0.15, 0.2) is 24.3 Å². The first-order valence-electron chi connectivity index (χ1n) is 6.63. The van der Waals surface area contributed by atoms with Gasteiger partial charge in [-0.15, -0.1) is 0 Å². The van der Waals surface area contributed by atoms with Gasteiger partial charge in [-0.1, -0.05) is 19.1 Å². The van der Waals surface area contributed by atoms with Gasteiger partial charge >= 0.3 is 0 Å². The highest BCUT2D eigenvalue weighted by Crippen LogP contribution is 2.12. The van der Waals surface area contributed by atoms with Crippen molar-refractivity contribution in [2.75, 3.05) is 5.32 Å². The van der Waals surface area contributed by atoms with E-state index in [0.717, 1.165) is 0 Å². The average molecular weight is 299 g/mol. The van der Waals surface area contributed by atoms with Crippen LogP contribution in [0, 0.1) is 0 Å². The second kappa shape index (κ2) is 8.06. The summed E-state index contributed by atoms with van der Waals surface area (Å²) < 4.78 is 0. The highest BCUT2D eigenvalue weighted by Gasteiger charge is 2.33. The van der Waals surface area contributed by atoms with E-state index in [9.17, 15) is 25.2 Å². The van der Waals surface area contributed by atoms with Crippen molar-refractivity contribution in [1.82, 2.24) is 0 Å². The van der Waals surface area contributed by atoms with E-state index in [2.05, 4.69) is 5.32 Å². The zero-order chi connectivity index (χ0) is 16.0. The lowest BCUT2D eigenvalue weighted by Crippen LogP contribution is -2.49. The Morgan fingerprint density at radius 2 is 1.67 bits per heavy atom. The maximum Gasteiger partial charge on any atom is 0.256 e. The van der Waals surface area contributed by atoms with Crippen LogP contribution in [0.5, 0.6) is 0 Å². The van der Waals surface area contributed by atoms with E-state index in [-0.39, 0.29) is 13.0 Å². The van der Waals surface area contributed by atoms with Crippen LogP contribution in [0.2, 0.25) is 0 Å². The Hall–Kier alpha value is -1.51. The highest BCUT2D eigenvalue weighted by atomic mass is 16.4. The number of benzene rings is 1. The Balaban J connectivity index is 2.64. The largest absolute Gasteiger partial charge is 0.392 e. The molecule has 0 aliphatic heterocycles. The normalized spacial score (nSPS) is 16.9. The molecule has 118 valence electrons. The molecule has 0 saturated carbocycles. The minimum Gasteiger partial charge on any atom is -0.392 e. The summed E-state index contributed by atoms with van der Waals surface area (Å²) in [5, 5.41) is 49.6. The first-order valence-corrected chi connectivity index (χ1v) is 6.63. The molecule has 1 aromatic rings. The van der Waals surface area contributed by atoms with Crippen LogP contribution in [-0.4, -0.2) is 55.9 Å². The summed E-state index contributed by atoms with van der Waals surface area (Å²) >= 11 is 0. The molecule has 7 heteroatoms. The number of nitrogens with one attached hydrogen (secondary N) is 1. The maximum atomic E-state index is 11.8. The molecule has 0 aliphatic rings. The fourth-order valence-electron chi connectivity index (χ4n) is 1.72. The number of amides is 1. The molecule has 0 heterocycles. The average Bonchev–Trinajstić information content (AvgIpc) is 2.52. The van der Waals surface area contributed by atoms with E-state index in [1.165, 1.54) is 12.1 Å². The molecule has 7 nitrogen and oxygen atoms in total. The first-order chi connectivity index (χ1) is 9.90. The second-order valence-electron chi connectivity index (χ2n) is 4.75. The van der Waals surface area contributed by atoms with Crippen LogP contribution < -0.4 is 5.32 Å². The molecule has 0 radical (unpaired) electrons. The Kier molecular flexibility index (Phi) is 6.73. The van der Waals surface area contributed by atoms with Gasteiger partial charge in [-0.3, -0.25) is 4.79 Å². The predicted octanol–water partition coefficient (Wildman–Crippen LogP) is -1.03. The first kappa shape index (κ1) is 17.5. The molecule has 0 bridgehead atoms. The third kappa shape index (κ3) is 4.76. The fourth-order valence-corrected chi connectivity index (χ4v) is 1.72. The van der Waals surface area contributed by atoms with Gasteiger partial charge in [0.1, 0.15) is 12.2 Å². The number of aliphatic hydroxyl groups excluding tert-OH is 5. The van der Waals surface area contributed by atoms with Crippen LogP contribution in [-0.2, 0) is 11.4 Å². The van der Waals surface area contributed by atoms with Crippen molar-refractivity contribution in [3.8, 4) is 0 Å². The predicted molar refractivity (Wildman–Crippen MR) is 75.3 cm³/mol. The second-order valence-corrected chi connectivity index (χ2v) is 4.75. The molecule has 0 aromatic heterocycles. The number of carbonyl (C=O) groups excluding carboxylic acids is 1. The summed E-state index contributed by atoms with van der Waals surface area (Å²) in [5.74, 6) is -0.901. The van der Waals surface area contributed by atoms with E-state index in [1.807, 2.05) is 0 Å². The van der Waals surface area contributed by atoms with Gasteiger partial charge in [0.2, 0.25) is 0 Å². The molecule has 1 aromatic carbocycles. The minimum absolute atomic E-state index is 0.128. The molecular weight excluding hydrogens is 278 g/mol. The smallest absolute Gasteiger partial charge is 0.256 e. The summed E-state index contributed by atoms with van der Waals surface area (Å²) in [5.41, 5.74) is 1.03. The minimum atomic E-state index is -1.88. The highest BCUT2D eigenvalue weighted by molar-refractivity contribution is 5.94. The van der Waals surface area contributed by atoms with Gasteiger partial charge in [0, 0.05) is 5.69 Å². The van der Waals surface area contributed by atoms with Crippen LogP contribution >= 0.6 is 0 Å². The summed E-state index contributed by atoms with van der Waals surface area (Å²) in [6.07, 6.45) is -6.34. The standard InChI is InChI=1S/C14H21NO6/c1-2-10(17)11(18)12(19)13(20)14(21)15-9-5-3-8(7-16)4-6-9/h3-6,10-13,16-20H,2,7H2,1H3,(H,15,21)/t10-,11-,12+,13-/m1/s1. The number of rotatable bonds is 7. The van der Waals surface area contributed by atoms with Gasteiger partial charge < -0.3 is 30.8 Å². The molecule has 0 unspecified atom stereocenters. The summed E-state index contributed by atoms with van der Waals surface area (Å²) in [4.78, 5) is 11.8. The van der Waals surface area contributed by atoms with Crippen molar-refractivity contribution >= 4 is 11.6 Å². The van der Waals surface area contributed by atoms with Gasteiger partial charge in [-0.05, 0) is 24.1 Å². The van der Waals surface area contributed by atoms with E-state index in [0.29, 0.717) is 11.3 Å². The SMILES string of the molecule is CC[C@@H](O)[C@@H](O)[C@H](O)[C@@H](O)C(=O)Nc1ccc(CO)cc1. The third-order valence-electron chi connectivity index (χ3n) is 3.16. The Bertz CT molecular complexity index is 449. The van der Waals surface area contributed by atoms with Crippen LogP contribution in [0.25, 0.3) is 0 Å². The van der Waals surface area contributed by atoms with Crippen molar-refractivity contribution in [2.45, 2.75) is 44.4 Å². The molecule has 0 aliphatic carbocycles. The van der Waals surface area contributed by atoms with Crippen molar-refractivity contribution in [2.24, 2.45) is 0 Å². The number of anilines is 1. The molecule has 4 atom stereocenters. The van der Waals surface area contributed by atoms with Crippen molar-refractivity contribution < 1.29 is 30.3 Å². The summed E-state index contributed by atoms with van der Waals surface area (Å²) in [7, 11) is 0. The number of carbonyl (C=O) groups is 1. The number of aliphatic hydroxyl groups is 5. The zero-order valence-electron chi connectivity index (χ0n) is 11.7. The quantitative estimate of drug-likeness (QED) is 0.382.